The van der Waals surface area contributed by atoms with Crippen molar-refractivity contribution in [2.24, 2.45) is 11.7 Å². The Kier molecular flexibility index (Phi) is 11.1. The second-order valence-corrected chi connectivity index (χ2v) is 6.13. The van der Waals surface area contributed by atoms with E-state index in [9.17, 15) is 4.79 Å². The highest BCUT2D eigenvalue weighted by molar-refractivity contribution is 5.94. The van der Waals surface area contributed by atoms with Gasteiger partial charge in [-0.3, -0.25) is 4.79 Å². The summed E-state index contributed by atoms with van der Waals surface area (Å²) in [7, 11) is 0. The Morgan fingerprint density at radius 1 is 1.21 bits per heavy atom. The Balaban J connectivity index is 0.00000264. The quantitative estimate of drug-likeness (QED) is 0.764. The summed E-state index contributed by atoms with van der Waals surface area (Å²) in [5.74, 6) is 0.457. The van der Waals surface area contributed by atoms with Crippen molar-refractivity contribution in [3.8, 4) is 0 Å². The fourth-order valence-corrected chi connectivity index (χ4v) is 3.32. The first kappa shape index (κ1) is 23.0. The monoisotopic (exact) mass is 375 g/mol. The Bertz CT molecular complexity index is 482. The summed E-state index contributed by atoms with van der Waals surface area (Å²) in [6.07, 6.45) is 4.46. The van der Waals surface area contributed by atoms with Gasteiger partial charge in [-0.25, -0.2) is 0 Å². The molecule has 0 aliphatic heterocycles. The van der Waals surface area contributed by atoms with E-state index < -0.39 is 0 Å². The summed E-state index contributed by atoms with van der Waals surface area (Å²) in [4.78, 5) is 14.7. The number of hydrogen-bond donors (Lipinski definition) is 2. The Morgan fingerprint density at radius 2 is 1.88 bits per heavy atom. The molecular weight excluding hydrogens is 345 g/mol. The van der Waals surface area contributed by atoms with E-state index in [2.05, 4.69) is 24.1 Å². The first-order chi connectivity index (χ1) is 10.7. The molecule has 1 saturated carbocycles. The van der Waals surface area contributed by atoms with Crippen LogP contribution in [0.5, 0.6) is 0 Å². The van der Waals surface area contributed by atoms with Crippen LogP contribution in [-0.2, 0) is 0 Å². The van der Waals surface area contributed by atoms with Crippen molar-refractivity contribution in [1.82, 2.24) is 5.32 Å². The number of benzene rings is 1. The van der Waals surface area contributed by atoms with E-state index in [1.807, 2.05) is 24.3 Å². The summed E-state index contributed by atoms with van der Waals surface area (Å²) >= 11 is 0. The van der Waals surface area contributed by atoms with Crippen LogP contribution in [0.1, 0.15) is 49.9 Å². The molecule has 0 aromatic heterocycles. The van der Waals surface area contributed by atoms with Crippen LogP contribution in [0.4, 0.5) is 5.69 Å². The SMILES string of the molecule is CCCN(CC)c1ccc(C(=O)NC2CCCC2CN)cc1.Cl.Cl. The van der Waals surface area contributed by atoms with Crippen LogP contribution < -0.4 is 16.0 Å². The maximum absolute atomic E-state index is 12.4. The molecule has 4 nitrogen and oxygen atoms in total. The molecule has 1 aliphatic rings. The summed E-state index contributed by atoms with van der Waals surface area (Å²) in [6, 6.07) is 8.18. The maximum atomic E-state index is 12.4. The average molecular weight is 376 g/mol. The van der Waals surface area contributed by atoms with Gasteiger partial charge in [0.25, 0.3) is 5.91 Å². The van der Waals surface area contributed by atoms with Crippen molar-refractivity contribution in [3.05, 3.63) is 29.8 Å². The summed E-state index contributed by atoms with van der Waals surface area (Å²) in [5, 5.41) is 3.15. The number of halogens is 2. The van der Waals surface area contributed by atoms with Crippen molar-refractivity contribution in [1.29, 1.82) is 0 Å². The van der Waals surface area contributed by atoms with Gasteiger partial charge in [0.05, 0.1) is 0 Å². The molecule has 3 N–H and O–H groups in total. The van der Waals surface area contributed by atoms with Gasteiger partial charge in [0.2, 0.25) is 0 Å². The third-order valence-corrected chi connectivity index (χ3v) is 4.65. The third kappa shape index (κ3) is 5.83. The smallest absolute Gasteiger partial charge is 0.251 e. The number of rotatable bonds is 7. The molecule has 2 atom stereocenters. The van der Waals surface area contributed by atoms with Crippen LogP contribution >= 0.6 is 24.8 Å². The standard InChI is InChI=1S/C18H29N3O.2ClH/c1-3-12-21(4-2)16-10-8-14(9-11-16)18(22)20-17-7-5-6-15(17)13-19;;/h8-11,15,17H,3-7,12-13,19H2,1-2H3,(H,20,22);2*1H. The molecule has 0 heterocycles. The molecule has 1 amide bonds. The molecule has 6 heteroatoms. The normalized spacial score (nSPS) is 19.1. The van der Waals surface area contributed by atoms with Crippen molar-refractivity contribution >= 4 is 36.4 Å². The van der Waals surface area contributed by atoms with E-state index in [-0.39, 0.29) is 36.8 Å². The van der Waals surface area contributed by atoms with Crippen LogP contribution in [0.2, 0.25) is 0 Å². The zero-order valence-electron chi connectivity index (χ0n) is 14.7. The molecule has 1 aromatic carbocycles. The number of amides is 1. The van der Waals surface area contributed by atoms with Gasteiger partial charge >= 0.3 is 0 Å². The number of carbonyl (C=O) groups excluding carboxylic acids is 1. The number of nitrogens with one attached hydrogen (secondary N) is 1. The van der Waals surface area contributed by atoms with Gasteiger partial charge in [-0.15, -0.1) is 24.8 Å². The minimum atomic E-state index is 0. The number of nitrogens with two attached hydrogens (primary N) is 1. The van der Waals surface area contributed by atoms with Gasteiger partial charge in [0, 0.05) is 30.4 Å². The molecule has 0 radical (unpaired) electrons. The van der Waals surface area contributed by atoms with Crippen LogP contribution in [0, 0.1) is 5.92 Å². The summed E-state index contributed by atoms with van der Waals surface area (Å²) < 4.78 is 0. The van der Waals surface area contributed by atoms with E-state index in [1.54, 1.807) is 0 Å². The Hall–Kier alpha value is -0.970. The van der Waals surface area contributed by atoms with Gasteiger partial charge < -0.3 is 16.0 Å². The minimum Gasteiger partial charge on any atom is -0.372 e. The second kappa shape index (κ2) is 11.6. The lowest BCUT2D eigenvalue weighted by Gasteiger charge is -2.23. The highest BCUT2D eigenvalue weighted by atomic mass is 35.5. The lowest BCUT2D eigenvalue weighted by molar-refractivity contribution is 0.0929. The maximum Gasteiger partial charge on any atom is 0.251 e. The molecular formula is C18H31Cl2N3O. The van der Waals surface area contributed by atoms with Crippen LogP contribution in [0.15, 0.2) is 24.3 Å². The fourth-order valence-electron chi connectivity index (χ4n) is 3.32. The van der Waals surface area contributed by atoms with Crippen LogP contribution in [0.25, 0.3) is 0 Å². The fraction of sp³-hybridized carbons (Fsp3) is 0.611. The van der Waals surface area contributed by atoms with E-state index in [0.29, 0.717) is 12.5 Å². The Morgan fingerprint density at radius 3 is 2.42 bits per heavy atom. The Labute approximate surface area is 158 Å². The molecule has 2 rings (SSSR count). The van der Waals surface area contributed by atoms with Crippen molar-refractivity contribution in [2.45, 2.75) is 45.6 Å². The molecule has 1 fully saturated rings. The van der Waals surface area contributed by atoms with Gasteiger partial charge in [0.1, 0.15) is 0 Å². The lowest BCUT2D eigenvalue weighted by Crippen LogP contribution is -2.39. The zero-order chi connectivity index (χ0) is 15.9. The lowest BCUT2D eigenvalue weighted by atomic mass is 10.0. The van der Waals surface area contributed by atoms with E-state index >= 15 is 0 Å². The number of nitrogens with zero attached hydrogens (tertiary/aromatic N) is 1. The summed E-state index contributed by atoms with van der Waals surface area (Å²) in [6.45, 7) is 7.03. The number of hydrogen-bond acceptors (Lipinski definition) is 3. The molecule has 1 aliphatic carbocycles. The van der Waals surface area contributed by atoms with Crippen LogP contribution in [-0.4, -0.2) is 31.6 Å². The molecule has 24 heavy (non-hydrogen) atoms. The largest absolute Gasteiger partial charge is 0.372 e. The summed E-state index contributed by atoms with van der Waals surface area (Å²) in [5.41, 5.74) is 7.70. The molecule has 1 aromatic rings. The van der Waals surface area contributed by atoms with E-state index in [0.717, 1.165) is 44.3 Å². The van der Waals surface area contributed by atoms with Gasteiger partial charge in [-0.2, -0.15) is 0 Å². The molecule has 0 spiro atoms. The predicted octanol–water partition coefficient (Wildman–Crippen LogP) is 3.62. The average Bonchev–Trinajstić information content (AvgIpc) is 3.00. The van der Waals surface area contributed by atoms with Gasteiger partial charge in [0.15, 0.2) is 0 Å². The predicted molar refractivity (Wildman–Crippen MR) is 107 cm³/mol. The first-order valence-corrected chi connectivity index (χ1v) is 8.55. The topological polar surface area (TPSA) is 58.4 Å². The van der Waals surface area contributed by atoms with Crippen molar-refractivity contribution in [3.63, 3.8) is 0 Å². The van der Waals surface area contributed by atoms with Crippen molar-refractivity contribution in [2.75, 3.05) is 24.5 Å². The minimum absolute atomic E-state index is 0. The molecule has 0 saturated heterocycles. The molecule has 0 bridgehead atoms. The highest BCUT2D eigenvalue weighted by Gasteiger charge is 2.27. The van der Waals surface area contributed by atoms with Gasteiger partial charge in [-0.1, -0.05) is 13.3 Å². The van der Waals surface area contributed by atoms with Gasteiger partial charge in [-0.05, 0) is 62.9 Å². The van der Waals surface area contributed by atoms with Crippen molar-refractivity contribution < 1.29 is 4.79 Å². The number of carbonyl (C=O) groups is 1. The second-order valence-electron chi connectivity index (χ2n) is 6.13. The molecule has 138 valence electrons. The first-order valence-electron chi connectivity index (χ1n) is 8.55. The van der Waals surface area contributed by atoms with E-state index in [1.165, 1.54) is 5.69 Å². The molecule has 2 unspecified atom stereocenters. The van der Waals surface area contributed by atoms with E-state index in [4.69, 9.17) is 5.73 Å². The van der Waals surface area contributed by atoms with Crippen LogP contribution in [0.3, 0.4) is 0 Å². The zero-order valence-corrected chi connectivity index (χ0v) is 16.3. The third-order valence-electron chi connectivity index (χ3n) is 4.65. The highest BCUT2D eigenvalue weighted by Crippen LogP contribution is 2.25. The number of anilines is 1.